The van der Waals surface area contributed by atoms with Gasteiger partial charge >= 0.3 is 0 Å². The van der Waals surface area contributed by atoms with E-state index < -0.39 is 22.0 Å². The Morgan fingerprint density at radius 3 is 2.50 bits per heavy atom. The van der Waals surface area contributed by atoms with Gasteiger partial charge in [-0.2, -0.15) is 0 Å². The topological polar surface area (TPSA) is 75.7 Å². The second kappa shape index (κ2) is 9.30. The molecule has 152 valence electrons. The van der Waals surface area contributed by atoms with Crippen LogP contribution in [0.4, 0.5) is 5.69 Å². The number of benzene rings is 2. The summed E-state index contributed by atoms with van der Waals surface area (Å²) in [4.78, 5) is 12.9. The minimum atomic E-state index is -3.78. The number of carbonyl (C=O) groups excluding carboxylic acids is 1. The number of ether oxygens (including phenoxy) is 1. The van der Waals surface area contributed by atoms with Crippen molar-refractivity contribution in [2.24, 2.45) is 0 Å². The minimum Gasteiger partial charge on any atom is -0.495 e. The van der Waals surface area contributed by atoms with Gasteiger partial charge in [0, 0.05) is 11.6 Å². The second-order valence-electron chi connectivity index (χ2n) is 6.44. The third-order valence-corrected chi connectivity index (χ3v) is 5.82. The van der Waals surface area contributed by atoms with E-state index in [4.69, 9.17) is 16.3 Å². The zero-order chi connectivity index (χ0) is 20.9. The summed E-state index contributed by atoms with van der Waals surface area (Å²) in [6.07, 6.45) is 1.34. The van der Waals surface area contributed by atoms with Crippen molar-refractivity contribution in [2.75, 3.05) is 17.7 Å². The van der Waals surface area contributed by atoms with E-state index in [0.717, 1.165) is 21.7 Å². The van der Waals surface area contributed by atoms with E-state index in [1.165, 1.54) is 13.2 Å². The number of rotatable bonds is 8. The molecule has 1 atom stereocenters. The van der Waals surface area contributed by atoms with Crippen LogP contribution in [0.3, 0.4) is 0 Å². The number of sulfonamides is 1. The molecule has 0 saturated carbocycles. The van der Waals surface area contributed by atoms with Gasteiger partial charge in [0.05, 0.1) is 19.1 Å². The van der Waals surface area contributed by atoms with Crippen LogP contribution in [0, 0.1) is 6.92 Å². The SMILES string of the molecule is CC[C@@H](C(=O)NCc1ccccc1C)N(c1cc(Cl)ccc1OC)S(C)(=O)=O. The standard InChI is InChI=1S/C20H25ClN2O4S/c1-5-17(20(24)22-13-15-9-7-6-8-14(15)2)23(28(4,25)26)18-12-16(21)10-11-19(18)27-3/h6-12,17H,5,13H2,1-4H3,(H,22,24)/t17-/m0/s1. The number of hydrogen-bond donors (Lipinski definition) is 1. The van der Waals surface area contributed by atoms with Gasteiger partial charge in [-0.1, -0.05) is 42.8 Å². The predicted octanol–water partition coefficient (Wildman–Crippen LogP) is 3.52. The Bertz CT molecular complexity index is 947. The normalized spacial score (nSPS) is 12.3. The fourth-order valence-electron chi connectivity index (χ4n) is 2.98. The molecule has 2 rings (SSSR count). The van der Waals surface area contributed by atoms with Crippen molar-refractivity contribution in [3.05, 3.63) is 58.6 Å². The molecule has 2 aromatic carbocycles. The van der Waals surface area contributed by atoms with E-state index in [1.54, 1.807) is 19.1 Å². The number of nitrogens with zero attached hydrogens (tertiary/aromatic N) is 1. The summed E-state index contributed by atoms with van der Waals surface area (Å²) in [7, 11) is -2.34. The summed E-state index contributed by atoms with van der Waals surface area (Å²) >= 11 is 6.08. The maximum atomic E-state index is 12.9. The first-order chi connectivity index (χ1) is 13.2. The van der Waals surface area contributed by atoms with Crippen molar-refractivity contribution in [3.63, 3.8) is 0 Å². The molecule has 8 heteroatoms. The van der Waals surface area contributed by atoms with Gasteiger partial charge < -0.3 is 10.1 Å². The predicted molar refractivity (Wildman–Crippen MR) is 112 cm³/mol. The van der Waals surface area contributed by atoms with Crippen molar-refractivity contribution in [1.82, 2.24) is 5.32 Å². The maximum absolute atomic E-state index is 12.9. The van der Waals surface area contributed by atoms with E-state index in [-0.39, 0.29) is 12.1 Å². The number of methoxy groups -OCH3 is 1. The number of carbonyl (C=O) groups is 1. The van der Waals surface area contributed by atoms with E-state index in [0.29, 0.717) is 17.3 Å². The monoisotopic (exact) mass is 424 g/mol. The number of hydrogen-bond acceptors (Lipinski definition) is 4. The number of anilines is 1. The molecule has 0 bridgehead atoms. The van der Waals surface area contributed by atoms with Gasteiger partial charge in [0.25, 0.3) is 0 Å². The molecule has 6 nitrogen and oxygen atoms in total. The molecular weight excluding hydrogens is 400 g/mol. The molecule has 2 aromatic rings. The van der Waals surface area contributed by atoms with Crippen molar-refractivity contribution in [1.29, 1.82) is 0 Å². The molecule has 0 unspecified atom stereocenters. The largest absolute Gasteiger partial charge is 0.495 e. The molecule has 0 radical (unpaired) electrons. The average Bonchev–Trinajstić information content (AvgIpc) is 2.64. The summed E-state index contributed by atoms with van der Waals surface area (Å²) < 4.78 is 31.6. The fraction of sp³-hybridized carbons (Fsp3) is 0.350. The van der Waals surface area contributed by atoms with Crippen molar-refractivity contribution in [3.8, 4) is 5.75 Å². The average molecular weight is 425 g/mol. The quantitative estimate of drug-likeness (QED) is 0.703. The maximum Gasteiger partial charge on any atom is 0.244 e. The van der Waals surface area contributed by atoms with Gasteiger partial charge in [0.2, 0.25) is 15.9 Å². The minimum absolute atomic E-state index is 0.232. The number of halogens is 1. The lowest BCUT2D eigenvalue weighted by Gasteiger charge is -2.31. The highest BCUT2D eigenvalue weighted by Gasteiger charge is 2.33. The van der Waals surface area contributed by atoms with Gasteiger partial charge in [-0.15, -0.1) is 0 Å². The van der Waals surface area contributed by atoms with Gasteiger partial charge in [-0.3, -0.25) is 9.10 Å². The fourth-order valence-corrected chi connectivity index (χ4v) is 4.35. The zero-order valence-corrected chi connectivity index (χ0v) is 18.0. The molecular formula is C20H25ClN2O4S. The van der Waals surface area contributed by atoms with E-state index in [1.807, 2.05) is 31.2 Å². The van der Waals surface area contributed by atoms with Crippen molar-refractivity contribution < 1.29 is 17.9 Å². The molecule has 1 amide bonds. The van der Waals surface area contributed by atoms with E-state index in [9.17, 15) is 13.2 Å². The summed E-state index contributed by atoms with van der Waals surface area (Å²) in [6, 6.07) is 11.4. The van der Waals surface area contributed by atoms with E-state index in [2.05, 4.69) is 5.32 Å². The van der Waals surface area contributed by atoms with Crippen LogP contribution in [0.2, 0.25) is 5.02 Å². The smallest absolute Gasteiger partial charge is 0.244 e. The number of aryl methyl sites for hydroxylation is 1. The summed E-state index contributed by atoms with van der Waals surface area (Å²) in [5, 5.41) is 3.19. The van der Waals surface area contributed by atoms with Gasteiger partial charge in [0.1, 0.15) is 11.8 Å². The second-order valence-corrected chi connectivity index (χ2v) is 8.74. The molecule has 1 N–H and O–H groups in total. The van der Waals surface area contributed by atoms with Crippen molar-refractivity contribution >= 4 is 33.2 Å². The molecule has 0 aliphatic rings. The third-order valence-electron chi connectivity index (χ3n) is 4.42. The number of amides is 1. The molecule has 0 aliphatic heterocycles. The van der Waals surface area contributed by atoms with Gasteiger partial charge in [0.15, 0.2) is 0 Å². The van der Waals surface area contributed by atoms with Crippen LogP contribution >= 0.6 is 11.6 Å². The van der Waals surface area contributed by atoms with Crippen LogP contribution in [-0.2, 0) is 21.4 Å². The Morgan fingerprint density at radius 2 is 1.93 bits per heavy atom. The van der Waals surface area contributed by atoms with Crippen LogP contribution in [0.25, 0.3) is 0 Å². The van der Waals surface area contributed by atoms with Crippen LogP contribution in [-0.4, -0.2) is 33.7 Å². The zero-order valence-electron chi connectivity index (χ0n) is 16.4. The Labute approximate surface area is 171 Å². The highest BCUT2D eigenvalue weighted by Crippen LogP contribution is 2.34. The molecule has 0 heterocycles. The first kappa shape index (κ1) is 22.0. The molecule has 0 saturated heterocycles. The molecule has 0 aromatic heterocycles. The van der Waals surface area contributed by atoms with Crippen LogP contribution < -0.4 is 14.4 Å². The highest BCUT2D eigenvalue weighted by atomic mass is 35.5. The Balaban J connectivity index is 2.37. The molecule has 0 fully saturated rings. The summed E-state index contributed by atoms with van der Waals surface area (Å²) in [5.74, 6) is -0.0711. The summed E-state index contributed by atoms with van der Waals surface area (Å²) in [5.41, 5.74) is 2.25. The lowest BCUT2D eigenvalue weighted by molar-refractivity contribution is -0.122. The lowest BCUT2D eigenvalue weighted by atomic mass is 10.1. The molecule has 0 spiro atoms. The Kier molecular flexibility index (Phi) is 7.32. The van der Waals surface area contributed by atoms with Gasteiger partial charge in [-0.05, 0) is 42.7 Å². The van der Waals surface area contributed by atoms with E-state index >= 15 is 0 Å². The Morgan fingerprint density at radius 1 is 1.25 bits per heavy atom. The Hall–Kier alpha value is -2.25. The first-order valence-corrected chi connectivity index (χ1v) is 11.1. The third kappa shape index (κ3) is 5.17. The highest BCUT2D eigenvalue weighted by molar-refractivity contribution is 7.92. The summed E-state index contributed by atoms with van der Waals surface area (Å²) in [6.45, 7) is 4.03. The van der Waals surface area contributed by atoms with Crippen LogP contribution in [0.15, 0.2) is 42.5 Å². The lowest BCUT2D eigenvalue weighted by Crippen LogP contribution is -2.49. The van der Waals surface area contributed by atoms with Crippen molar-refractivity contribution in [2.45, 2.75) is 32.9 Å². The molecule has 28 heavy (non-hydrogen) atoms. The molecule has 0 aliphatic carbocycles. The number of nitrogens with one attached hydrogen (secondary N) is 1. The van der Waals surface area contributed by atoms with Crippen LogP contribution in [0.1, 0.15) is 24.5 Å². The van der Waals surface area contributed by atoms with Gasteiger partial charge in [-0.25, -0.2) is 8.42 Å². The first-order valence-electron chi connectivity index (χ1n) is 8.84. The van der Waals surface area contributed by atoms with Crippen LogP contribution in [0.5, 0.6) is 5.75 Å².